The van der Waals surface area contributed by atoms with Crippen LogP contribution in [0.4, 0.5) is 28.0 Å². The Morgan fingerprint density at radius 1 is 1.16 bits per heavy atom. The molecule has 3 rings (SSSR count). The number of carbonyl (C=O) groups is 3. The molecule has 0 aromatic heterocycles. The van der Waals surface area contributed by atoms with E-state index in [4.69, 9.17) is 9.84 Å². The minimum Gasteiger partial charge on any atom is -0.491 e. The number of amides is 4. The molecule has 3 atom stereocenters. The third-order valence-corrected chi connectivity index (χ3v) is 5.46. The van der Waals surface area contributed by atoms with Gasteiger partial charge in [0.15, 0.2) is 0 Å². The fourth-order valence-corrected chi connectivity index (χ4v) is 3.58. The van der Waals surface area contributed by atoms with E-state index in [-0.39, 0.29) is 29.4 Å². The van der Waals surface area contributed by atoms with Crippen molar-refractivity contribution in [2.45, 2.75) is 46.0 Å². The van der Waals surface area contributed by atoms with Crippen molar-refractivity contribution >= 4 is 23.5 Å². The summed E-state index contributed by atoms with van der Waals surface area (Å²) in [5.74, 6) is -5.40. The van der Waals surface area contributed by atoms with Crippen molar-refractivity contribution in [3.63, 3.8) is 0 Å². The van der Waals surface area contributed by atoms with Gasteiger partial charge in [0.2, 0.25) is 5.91 Å². The SMILES string of the molecule is CC.Cc1ccc(NC(=O)C(C(C)C(F)(F)F)N2C(=O)N[C@H](c3ccc(OCCO)cc3)C2=O)c(F)c1. The van der Waals surface area contributed by atoms with E-state index in [9.17, 15) is 31.9 Å². The summed E-state index contributed by atoms with van der Waals surface area (Å²) >= 11 is 0. The average Bonchev–Trinajstić information content (AvgIpc) is 3.14. The van der Waals surface area contributed by atoms with Crippen LogP contribution >= 0.6 is 0 Å². The van der Waals surface area contributed by atoms with Crippen LogP contribution in [0.25, 0.3) is 0 Å². The molecule has 4 amide bonds. The zero-order chi connectivity index (χ0) is 27.9. The van der Waals surface area contributed by atoms with Crippen molar-refractivity contribution in [2.75, 3.05) is 18.5 Å². The molecule has 3 N–H and O–H groups in total. The van der Waals surface area contributed by atoms with E-state index in [0.717, 1.165) is 6.07 Å². The third kappa shape index (κ3) is 6.97. The van der Waals surface area contributed by atoms with Crippen LogP contribution in [0, 0.1) is 18.7 Å². The highest BCUT2D eigenvalue weighted by Crippen LogP contribution is 2.35. The van der Waals surface area contributed by atoms with Gasteiger partial charge in [0.1, 0.15) is 30.3 Å². The van der Waals surface area contributed by atoms with Gasteiger partial charge in [-0.2, -0.15) is 13.2 Å². The molecule has 0 spiro atoms. The van der Waals surface area contributed by atoms with Gasteiger partial charge < -0.3 is 20.5 Å². The number of alkyl halides is 3. The number of ether oxygens (including phenoxy) is 1. The molecule has 1 fully saturated rings. The van der Waals surface area contributed by atoms with Gasteiger partial charge in [-0.3, -0.25) is 9.59 Å². The Bertz CT molecular complexity index is 1110. The summed E-state index contributed by atoms with van der Waals surface area (Å²) in [7, 11) is 0. The molecule has 1 aliphatic rings. The van der Waals surface area contributed by atoms with E-state index in [1.54, 1.807) is 6.92 Å². The first-order valence-corrected chi connectivity index (χ1v) is 11.5. The first-order valence-electron chi connectivity index (χ1n) is 11.5. The maximum absolute atomic E-state index is 14.2. The summed E-state index contributed by atoms with van der Waals surface area (Å²) in [5, 5.41) is 13.2. The van der Waals surface area contributed by atoms with Crippen LogP contribution in [-0.4, -0.2) is 53.3 Å². The highest BCUT2D eigenvalue weighted by atomic mass is 19.4. The van der Waals surface area contributed by atoms with Crippen molar-refractivity contribution in [2.24, 2.45) is 5.92 Å². The lowest BCUT2D eigenvalue weighted by Gasteiger charge is -2.30. The zero-order valence-electron chi connectivity index (χ0n) is 20.7. The molecular formula is C25H29F4N3O5. The minimum absolute atomic E-state index is 0.0277. The standard InChI is InChI=1S/C23H23F4N3O5.C2H6/c1-12-3-8-17(16(24)11-12)28-20(32)19(13(2)23(25,26)27)30-21(33)18(29-22(30)34)14-4-6-15(7-5-14)35-10-9-31;1-2/h3-8,11,13,18-19,31H,9-10H2,1-2H3,(H,28,32)(H,29,34);1-2H3/t13?,18-,19?;/m1./s1. The Hall–Kier alpha value is -3.67. The Labute approximate surface area is 211 Å². The first kappa shape index (κ1) is 29.6. The number of rotatable bonds is 8. The second-order valence-electron chi connectivity index (χ2n) is 7.98. The van der Waals surface area contributed by atoms with Crippen LogP contribution in [0.2, 0.25) is 0 Å². The van der Waals surface area contributed by atoms with Crippen LogP contribution in [0.15, 0.2) is 42.5 Å². The number of nitrogens with zero attached hydrogens (tertiary/aromatic N) is 1. The number of urea groups is 1. The predicted octanol–water partition coefficient (Wildman–Crippen LogP) is 4.33. The number of benzene rings is 2. The fraction of sp³-hybridized carbons (Fsp3) is 0.400. The minimum atomic E-state index is -4.95. The number of aryl methyl sites for hydroxylation is 1. The molecule has 0 radical (unpaired) electrons. The van der Waals surface area contributed by atoms with Crippen molar-refractivity contribution < 1.29 is 41.8 Å². The molecule has 1 saturated heterocycles. The molecule has 12 heteroatoms. The fourth-order valence-electron chi connectivity index (χ4n) is 3.58. The summed E-state index contributed by atoms with van der Waals surface area (Å²) in [6.45, 7) is 6.06. The Morgan fingerprint density at radius 3 is 2.32 bits per heavy atom. The van der Waals surface area contributed by atoms with Crippen LogP contribution < -0.4 is 15.4 Å². The normalized spacial score (nSPS) is 16.9. The van der Waals surface area contributed by atoms with Crippen LogP contribution in [0.3, 0.4) is 0 Å². The maximum Gasteiger partial charge on any atom is 0.394 e. The van der Waals surface area contributed by atoms with E-state index in [1.807, 2.05) is 13.8 Å². The van der Waals surface area contributed by atoms with E-state index in [1.165, 1.54) is 36.4 Å². The van der Waals surface area contributed by atoms with E-state index < -0.39 is 47.8 Å². The molecular weight excluding hydrogens is 498 g/mol. The van der Waals surface area contributed by atoms with Crippen molar-refractivity contribution in [1.82, 2.24) is 10.2 Å². The number of hydrogen-bond donors (Lipinski definition) is 3. The van der Waals surface area contributed by atoms with Crippen molar-refractivity contribution in [3.8, 4) is 5.75 Å². The lowest BCUT2D eigenvalue weighted by Crippen LogP contribution is -2.54. The van der Waals surface area contributed by atoms with Gasteiger partial charge in [-0.15, -0.1) is 0 Å². The quantitative estimate of drug-likeness (QED) is 0.350. The first-order chi connectivity index (χ1) is 17.4. The Morgan fingerprint density at radius 2 is 1.78 bits per heavy atom. The second kappa shape index (κ2) is 12.5. The topological polar surface area (TPSA) is 108 Å². The highest BCUT2D eigenvalue weighted by molar-refractivity contribution is 6.09. The van der Waals surface area contributed by atoms with E-state index >= 15 is 0 Å². The molecule has 8 nitrogen and oxygen atoms in total. The van der Waals surface area contributed by atoms with Gasteiger partial charge in [0, 0.05) is 0 Å². The van der Waals surface area contributed by atoms with Crippen LogP contribution in [0.5, 0.6) is 5.75 Å². The zero-order valence-corrected chi connectivity index (χ0v) is 20.7. The number of imide groups is 1. The van der Waals surface area contributed by atoms with Crippen molar-refractivity contribution in [1.29, 1.82) is 0 Å². The van der Waals surface area contributed by atoms with Gasteiger partial charge in [-0.1, -0.05) is 39.0 Å². The summed E-state index contributed by atoms with van der Waals surface area (Å²) in [6.07, 6.45) is -4.95. The number of anilines is 1. The number of aliphatic hydroxyl groups excluding tert-OH is 1. The number of nitrogens with one attached hydrogen (secondary N) is 2. The number of aliphatic hydroxyl groups is 1. The molecule has 0 aliphatic carbocycles. The molecule has 202 valence electrons. The number of halogens is 4. The van der Waals surface area contributed by atoms with Crippen molar-refractivity contribution in [3.05, 3.63) is 59.4 Å². The molecule has 2 aromatic rings. The number of carbonyl (C=O) groups excluding carboxylic acids is 3. The summed E-state index contributed by atoms with van der Waals surface area (Å²) in [6, 6.07) is 4.61. The lowest BCUT2D eigenvalue weighted by molar-refractivity contribution is -0.186. The predicted molar refractivity (Wildman–Crippen MR) is 127 cm³/mol. The molecule has 1 heterocycles. The Balaban J connectivity index is 0.00000235. The summed E-state index contributed by atoms with van der Waals surface area (Å²) in [5.41, 5.74) is 0.373. The largest absolute Gasteiger partial charge is 0.491 e. The molecule has 2 unspecified atom stereocenters. The Kier molecular flexibility index (Phi) is 10.0. The van der Waals surface area contributed by atoms with Gasteiger partial charge in [0.25, 0.3) is 5.91 Å². The number of hydrogen-bond acceptors (Lipinski definition) is 5. The molecule has 2 aromatic carbocycles. The van der Waals surface area contributed by atoms with Gasteiger partial charge in [0.05, 0.1) is 18.2 Å². The average molecular weight is 528 g/mol. The van der Waals surface area contributed by atoms with Crippen LogP contribution in [-0.2, 0) is 9.59 Å². The smallest absolute Gasteiger partial charge is 0.394 e. The van der Waals surface area contributed by atoms with E-state index in [0.29, 0.717) is 18.2 Å². The highest BCUT2D eigenvalue weighted by Gasteiger charge is 2.53. The molecule has 0 bridgehead atoms. The van der Waals surface area contributed by atoms with Gasteiger partial charge in [-0.05, 0) is 42.3 Å². The maximum atomic E-state index is 14.2. The van der Waals surface area contributed by atoms with Gasteiger partial charge >= 0.3 is 12.2 Å². The third-order valence-electron chi connectivity index (χ3n) is 5.46. The second-order valence-corrected chi connectivity index (χ2v) is 7.98. The molecule has 1 aliphatic heterocycles. The van der Waals surface area contributed by atoms with E-state index in [2.05, 4.69) is 10.6 Å². The monoisotopic (exact) mass is 527 g/mol. The molecule has 0 saturated carbocycles. The molecule has 37 heavy (non-hydrogen) atoms. The van der Waals surface area contributed by atoms with Crippen LogP contribution in [0.1, 0.15) is 37.9 Å². The lowest BCUT2D eigenvalue weighted by atomic mass is 9.97. The summed E-state index contributed by atoms with van der Waals surface area (Å²) in [4.78, 5) is 38.8. The summed E-state index contributed by atoms with van der Waals surface area (Å²) < 4.78 is 60.4. The van der Waals surface area contributed by atoms with Gasteiger partial charge in [-0.25, -0.2) is 14.1 Å².